The molecule has 1 N–H and O–H groups in total. The van der Waals surface area contributed by atoms with Crippen molar-refractivity contribution in [3.63, 3.8) is 0 Å². The quantitative estimate of drug-likeness (QED) is 0.280. The molecule has 0 aromatic rings. The molecule has 3 aliphatic rings. The summed E-state index contributed by atoms with van der Waals surface area (Å²) in [6.45, 7) is 25.2. The van der Waals surface area contributed by atoms with Gasteiger partial charge in [-0.15, -0.1) is 0 Å². The fourth-order valence-corrected chi connectivity index (χ4v) is 8.79. The molecule has 3 aliphatic carbocycles. The molecule has 0 aromatic heterocycles. The highest BCUT2D eigenvalue weighted by atomic mass is 16.5. The van der Waals surface area contributed by atoms with Crippen molar-refractivity contribution in [1.82, 2.24) is 0 Å². The third-order valence-electron chi connectivity index (χ3n) is 10.9. The van der Waals surface area contributed by atoms with E-state index in [1.807, 2.05) is 6.92 Å². The molecule has 2 fully saturated rings. The van der Waals surface area contributed by atoms with E-state index in [-0.39, 0.29) is 28.3 Å². The molecule has 3 nitrogen and oxygen atoms in total. The van der Waals surface area contributed by atoms with Crippen LogP contribution >= 0.6 is 0 Å². The zero-order valence-electron chi connectivity index (χ0n) is 23.7. The molecule has 35 heavy (non-hydrogen) atoms. The predicted molar refractivity (Wildman–Crippen MR) is 146 cm³/mol. The molecule has 0 amide bonds. The van der Waals surface area contributed by atoms with Gasteiger partial charge in [-0.25, -0.2) is 0 Å². The summed E-state index contributed by atoms with van der Waals surface area (Å²) in [5.41, 5.74) is 4.25. The fraction of sp³-hybridized carbons (Fsp3) is 0.781. The third-order valence-corrected chi connectivity index (χ3v) is 10.9. The Bertz CT molecular complexity index is 851. The van der Waals surface area contributed by atoms with Gasteiger partial charge < -0.3 is 9.84 Å². The van der Waals surface area contributed by atoms with Crippen LogP contribution in [0.4, 0.5) is 0 Å². The normalized spacial score (nSPS) is 38.9. The highest BCUT2D eigenvalue weighted by Gasteiger charge is 2.56. The number of esters is 1. The topological polar surface area (TPSA) is 46.5 Å². The standard InChI is InChI=1S/C32H52O3/c1-10-35-29(34)18-20-31(8)24(21(2)3)13-11-22(4)25(31)14-15-26-23(5)12-16-27-30(6,7)28(33)17-19-32(26,27)9/h11,24-28,33H,2,5,10,12-20H2,1,3-4,6-9H3/t24-,25-,26-,27-,28-,31-,32+/m0/s1. The maximum atomic E-state index is 12.3. The number of ether oxygens (including phenoxy) is 1. The van der Waals surface area contributed by atoms with E-state index in [9.17, 15) is 9.90 Å². The zero-order chi connectivity index (χ0) is 26.2. The van der Waals surface area contributed by atoms with Crippen molar-refractivity contribution in [3.8, 4) is 0 Å². The molecule has 3 rings (SSSR count). The second-order valence-electron chi connectivity index (χ2n) is 13.2. The molecule has 0 spiro atoms. The maximum absolute atomic E-state index is 12.3. The molecule has 7 atom stereocenters. The molecule has 0 aromatic carbocycles. The van der Waals surface area contributed by atoms with Gasteiger partial charge in [-0.2, -0.15) is 0 Å². The van der Waals surface area contributed by atoms with Crippen molar-refractivity contribution in [2.24, 2.45) is 39.9 Å². The lowest BCUT2D eigenvalue weighted by molar-refractivity contribution is -0.144. The number of aliphatic hydroxyl groups excluding tert-OH is 1. The van der Waals surface area contributed by atoms with Crippen molar-refractivity contribution in [2.75, 3.05) is 6.61 Å². The molecule has 0 aliphatic heterocycles. The van der Waals surface area contributed by atoms with Crippen LogP contribution in [0.15, 0.2) is 36.0 Å². The minimum absolute atomic E-state index is 0.00420. The summed E-state index contributed by atoms with van der Waals surface area (Å²) in [4.78, 5) is 12.3. The van der Waals surface area contributed by atoms with Gasteiger partial charge in [-0.3, -0.25) is 4.79 Å². The second-order valence-corrected chi connectivity index (χ2v) is 13.2. The SMILES string of the molecule is C=C(C)[C@@H]1CC=C(C)[C@H](CC[C@H]2C(=C)CC[C@H]3C(C)(C)[C@@H](O)CC[C@]23C)[C@@]1(C)CCC(=O)OCC. The van der Waals surface area contributed by atoms with Gasteiger partial charge in [0, 0.05) is 6.42 Å². The molecule has 0 heterocycles. The highest BCUT2D eigenvalue weighted by molar-refractivity contribution is 5.69. The molecular weight excluding hydrogens is 432 g/mol. The summed E-state index contributed by atoms with van der Waals surface area (Å²) in [6, 6.07) is 0. The fourth-order valence-electron chi connectivity index (χ4n) is 8.79. The van der Waals surface area contributed by atoms with E-state index in [0.29, 0.717) is 36.7 Å². The number of allylic oxidation sites excluding steroid dienone is 4. The Morgan fingerprint density at radius 1 is 1.17 bits per heavy atom. The van der Waals surface area contributed by atoms with Gasteiger partial charge in [-0.05, 0) is 112 Å². The van der Waals surface area contributed by atoms with Crippen LogP contribution in [0.2, 0.25) is 0 Å². The van der Waals surface area contributed by atoms with Crippen molar-refractivity contribution < 1.29 is 14.6 Å². The minimum atomic E-state index is -0.210. The van der Waals surface area contributed by atoms with Gasteiger partial charge in [0.2, 0.25) is 0 Å². The van der Waals surface area contributed by atoms with E-state index in [2.05, 4.69) is 60.8 Å². The van der Waals surface area contributed by atoms with Gasteiger partial charge >= 0.3 is 5.97 Å². The van der Waals surface area contributed by atoms with Crippen LogP contribution in [0.25, 0.3) is 0 Å². The number of carbonyl (C=O) groups is 1. The van der Waals surface area contributed by atoms with Crippen LogP contribution in [0.3, 0.4) is 0 Å². The Hall–Kier alpha value is -1.35. The summed E-state index contributed by atoms with van der Waals surface area (Å²) >= 11 is 0. The largest absolute Gasteiger partial charge is 0.466 e. The van der Waals surface area contributed by atoms with Crippen LogP contribution < -0.4 is 0 Å². The highest BCUT2D eigenvalue weighted by Crippen LogP contribution is 2.62. The Morgan fingerprint density at radius 3 is 2.46 bits per heavy atom. The van der Waals surface area contributed by atoms with Gasteiger partial charge in [0.1, 0.15) is 0 Å². The first-order valence-electron chi connectivity index (χ1n) is 14.1. The molecular formula is C32H52O3. The first-order valence-corrected chi connectivity index (χ1v) is 14.1. The summed E-state index contributed by atoms with van der Waals surface area (Å²) < 4.78 is 5.30. The lowest BCUT2D eigenvalue weighted by Crippen LogP contribution is -2.54. The van der Waals surface area contributed by atoms with Crippen molar-refractivity contribution in [1.29, 1.82) is 0 Å². The van der Waals surface area contributed by atoms with Crippen LogP contribution in [0.5, 0.6) is 0 Å². The first-order chi connectivity index (χ1) is 16.3. The number of hydrogen-bond acceptors (Lipinski definition) is 3. The first kappa shape index (κ1) is 28.2. The number of hydrogen-bond donors (Lipinski definition) is 1. The summed E-state index contributed by atoms with van der Waals surface area (Å²) in [7, 11) is 0. The molecule has 3 heteroatoms. The van der Waals surface area contributed by atoms with Crippen LogP contribution in [-0.4, -0.2) is 23.8 Å². The summed E-state index contributed by atoms with van der Waals surface area (Å²) in [5, 5.41) is 10.8. The van der Waals surface area contributed by atoms with Crippen molar-refractivity contribution >= 4 is 5.97 Å². The Labute approximate surface area is 215 Å². The maximum Gasteiger partial charge on any atom is 0.305 e. The number of rotatable bonds is 8. The molecule has 198 valence electrons. The van der Waals surface area contributed by atoms with E-state index in [1.165, 1.54) is 16.7 Å². The monoisotopic (exact) mass is 484 g/mol. The smallest absolute Gasteiger partial charge is 0.305 e. The van der Waals surface area contributed by atoms with Crippen LogP contribution in [0.1, 0.15) is 106 Å². The third kappa shape index (κ3) is 5.22. The molecule has 0 unspecified atom stereocenters. The van der Waals surface area contributed by atoms with E-state index in [4.69, 9.17) is 4.74 Å². The van der Waals surface area contributed by atoms with Gasteiger partial charge in [0.05, 0.1) is 12.7 Å². The van der Waals surface area contributed by atoms with Gasteiger partial charge in [0.25, 0.3) is 0 Å². The predicted octanol–water partition coefficient (Wildman–Crippen LogP) is 8.04. The average molecular weight is 485 g/mol. The summed E-state index contributed by atoms with van der Waals surface area (Å²) in [6.07, 6.45) is 11.0. The molecule has 0 saturated heterocycles. The van der Waals surface area contributed by atoms with Gasteiger partial charge in [-0.1, -0.05) is 63.6 Å². The van der Waals surface area contributed by atoms with Crippen molar-refractivity contribution in [2.45, 2.75) is 112 Å². The molecule has 0 radical (unpaired) electrons. The lowest BCUT2D eigenvalue weighted by atomic mass is 9.46. The van der Waals surface area contributed by atoms with Gasteiger partial charge in [0.15, 0.2) is 0 Å². The Kier molecular flexibility index (Phi) is 8.52. The Morgan fingerprint density at radius 2 is 1.83 bits per heavy atom. The number of fused-ring (bicyclic) bond motifs is 1. The Balaban J connectivity index is 1.86. The number of carbonyl (C=O) groups excluding carboxylic acids is 1. The van der Waals surface area contributed by atoms with E-state index < -0.39 is 0 Å². The minimum Gasteiger partial charge on any atom is -0.466 e. The number of aliphatic hydroxyl groups is 1. The molecule has 0 bridgehead atoms. The zero-order valence-corrected chi connectivity index (χ0v) is 23.7. The lowest BCUT2D eigenvalue weighted by Gasteiger charge is -2.60. The van der Waals surface area contributed by atoms with Crippen LogP contribution in [0, 0.1) is 39.9 Å². The summed E-state index contributed by atoms with van der Waals surface area (Å²) in [5.74, 6) is 1.73. The average Bonchev–Trinajstić information content (AvgIpc) is 2.76. The van der Waals surface area contributed by atoms with E-state index in [0.717, 1.165) is 51.4 Å². The van der Waals surface area contributed by atoms with E-state index in [1.54, 1.807) is 0 Å². The second kappa shape index (κ2) is 10.6. The molecule has 2 saturated carbocycles. The van der Waals surface area contributed by atoms with Crippen molar-refractivity contribution in [3.05, 3.63) is 36.0 Å². The van der Waals surface area contributed by atoms with E-state index >= 15 is 0 Å². The van der Waals surface area contributed by atoms with Crippen LogP contribution in [-0.2, 0) is 9.53 Å².